The average molecular weight is 400 g/mol. The van der Waals surface area contributed by atoms with E-state index in [4.69, 9.17) is 4.74 Å². The van der Waals surface area contributed by atoms with Gasteiger partial charge in [-0.25, -0.2) is 14.2 Å². The minimum absolute atomic E-state index is 0.0379. The van der Waals surface area contributed by atoms with Crippen LogP contribution in [-0.2, 0) is 9.53 Å². The van der Waals surface area contributed by atoms with Crippen molar-refractivity contribution in [3.8, 4) is 0 Å². The van der Waals surface area contributed by atoms with Crippen LogP contribution in [0.15, 0.2) is 16.7 Å². The van der Waals surface area contributed by atoms with Crippen LogP contribution < -0.4 is 5.32 Å². The maximum Gasteiger partial charge on any atom is 0.411 e. The highest BCUT2D eigenvalue weighted by Crippen LogP contribution is 2.48. The Labute approximate surface area is 147 Å². The summed E-state index contributed by atoms with van der Waals surface area (Å²) in [4.78, 5) is 30.4. The molecule has 0 radical (unpaired) electrons. The molecule has 130 valence electrons. The third-order valence-corrected chi connectivity index (χ3v) is 4.51. The summed E-state index contributed by atoms with van der Waals surface area (Å²) in [7, 11) is 0. The number of fused-ring (bicyclic) bond motifs is 1. The number of hydrogen-bond acceptors (Lipinski definition) is 4. The highest BCUT2D eigenvalue weighted by molar-refractivity contribution is 9.10. The minimum Gasteiger partial charge on any atom is -0.444 e. The Kier molecular flexibility index (Phi) is 4.27. The third-order valence-electron chi connectivity index (χ3n) is 4.06. The van der Waals surface area contributed by atoms with Gasteiger partial charge in [0.25, 0.3) is 0 Å². The summed E-state index contributed by atoms with van der Waals surface area (Å²) in [6.07, 6.45) is 0.938. The Hall–Kier alpha value is -1.70. The number of ether oxygens (including phenoxy) is 1. The molecular formula is C16H19BrFN3O3. The van der Waals surface area contributed by atoms with E-state index in [0.29, 0.717) is 16.9 Å². The van der Waals surface area contributed by atoms with Crippen LogP contribution in [0.4, 0.5) is 15.0 Å². The summed E-state index contributed by atoms with van der Waals surface area (Å²) in [6.45, 7) is 5.34. The third kappa shape index (κ3) is 3.53. The Balaban J connectivity index is 1.74. The van der Waals surface area contributed by atoms with Gasteiger partial charge in [0.2, 0.25) is 5.91 Å². The molecule has 1 aromatic rings. The summed E-state index contributed by atoms with van der Waals surface area (Å²) in [6, 6.07) is 2.03. The number of anilines is 1. The minimum atomic E-state index is -0.663. The van der Waals surface area contributed by atoms with Crippen molar-refractivity contribution in [1.29, 1.82) is 0 Å². The molecule has 0 aromatic carbocycles. The van der Waals surface area contributed by atoms with E-state index in [2.05, 4.69) is 26.2 Å². The van der Waals surface area contributed by atoms with E-state index in [1.807, 2.05) is 0 Å². The van der Waals surface area contributed by atoms with Crippen molar-refractivity contribution in [1.82, 2.24) is 9.88 Å². The van der Waals surface area contributed by atoms with E-state index in [1.54, 1.807) is 20.8 Å². The second-order valence-electron chi connectivity index (χ2n) is 7.16. The topological polar surface area (TPSA) is 71.5 Å². The van der Waals surface area contributed by atoms with Gasteiger partial charge in [0.1, 0.15) is 16.2 Å². The molecule has 2 heterocycles. The zero-order chi connectivity index (χ0) is 17.6. The lowest BCUT2D eigenvalue weighted by molar-refractivity contribution is -0.121. The predicted octanol–water partition coefficient (Wildman–Crippen LogP) is 3.32. The number of rotatable bonds is 2. The molecule has 2 aliphatic rings. The van der Waals surface area contributed by atoms with Gasteiger partial charge >= 0.3 is 6.09 Å². The molecule has 3 rings (SSSR count). The van der Waals surface area contributed by atoms with Crippen molar-refractivity contribution >= 4 is 33.7 Å². The van der Waals surface area contributed by atoms with Crippen LogP contribution in [0, 0.1) is 11.7 Å². The number of halogens is 2. The fraction of sp³-hybridized carbons (Fsp3) is 0.562. The Morgan fingerprint density at radius 1 is 1.38 bits per heavy atom. The molecule has 3 atom stereocenters. The molecule has 2 fully saturated rings. The summed E-state index contributed by atoms with van der Waals surface area (Å²) >= 11 is 3.14. The van der Waals surface area contributed by atoms with Crippen LogP contribution in [0.3, 0.4) is 0 Å². The molecule has 1 saturated carbocycles. The van der Waals surface area contributed by atoms with Crippen molar-refractivity contribution in [2.75, 3.05) is 5.32 Å². The maximum atomic E-state index is 13.8. The van der Waals surface area contributed by atoms with E-state index in [9.17, 15) is 14.0 Å². The number of hydrogen-bond donors (Lipinski definition) is 1. The van der Waals surface area contributed by atoms with Crippen LogP contribution in [0.25, 0.3) is 0 Å². The maximum absolute atomic E-state index is 13.8. The largest absolute Gasteiger partial charge is 0.444 e. The van der Waals surface area contributed by atoms with Crippen LogP contribution in [0.1, 0.15) is 33.6 Å². The van der Waals surface area contributed by atoms with Crippen LogP contribution in [0.5, 0.6) is 0 Å². The molecular weight excluding hydrogens is 381 g/mol. The monoisotopic (exact) mass is 399 g/mol. The number of pyridine rings is 1. The molecule has 1 N–H and O–H groups in total. The molecule has 1 aromatic heterocycles. The highest BCUT2D eigenvalue weighted by Gasteiger charge is 2.57. The number of amides is 2. The van der Waals surface area contributed by atoms with E-state index in [-0.39, 0.29) is 11.9 Å². The van der Waals surface area contributed by atoms with Gasteiger partial charge in [-0.2, -0.15) is 0 Å². The lowest BCUT2D eigenvalue weighted by atomic mass is 10.1. The molecule has 24 heavy (non-hydrogen) atoms. The molecule has 1 aliphatic heterocycles. The van der Waals surface area contributed by atoms with Gasteiger partial charge < -0.3 is 10.1 Å². The van der Waals surface area contributed by atoms with Gasteiger partial charge in [0, 0.05) is 6.04 Å². The summed E-state index contributed by atoms with van der Waals surface area (Å²) in [5, 5.41) is 2.48. The number of likely N-dealkylation sites (tertiary alicyclic amines) is 1. The number of nitrogens with zero attached hydrogens (tertiary/aromatic N) is 2. The Morgan fingerprint density at radius 3 is 2.75 bits per heavy atom. The van der Waals surface area contributed by atoms with Gasteiger partial charge in [-0.3, -0.25) is 9.69 Å². The van der Waals surface area contributed by atoms with Crippen LogP contribution in [-0.4, -0.2) is 39.6 Å². The first kappa shape index (κ1) is 17.1. The highest BCUT2D eigenvalue weighted by atomic mass is 79.9. The van der Waals surface area contributed by atoms with E-state index in [0.717, 1.165) is 6.42 Å². The number of aromatic nitrogens is 1. The molecule has 0 bridgehead atoms. The first-order chi connectivity index (χ1) is 11.2. The van der Waals surface area contributed by atoms with Crippen molar-refractivity contribution in [2.24, 2.45) is 5.92 Å². The lowest BCUT2D eigenvalue weighted by Crippen LogP contribution is -2.47. The van der Waals surface area contributed by atoms with Gasteiger partial charge in [0.15, 0.2) is 11.6 Å². The molecule has 1 aliphatic carbocycles. The normalized spacial score (nSPS) is 25.2. The molecule has 0 spiro atoms. The van der Waals surface area contributed by atoms with Crippen molar-refractivity contribution in [3.05, 3.63) is 22.6 Å². The van der Waals surface area contributed by atoms with Gasteiger partial charge in [-0.05, 0) is 67.6 Å². The standard InChI is InChI=1S/C16H19BrFN3O3/c1-16(2,3)24-15(23)21-10-6-8(10)7-11(21)14(22)20-13-9(18)4-5-12(17)19-13/h4-5,8,10-11H,6-7H2,1-3H3,(H,19,20,22)/t8-,10-,11+/m1/s1. The van der Waals surface area contributed by atoms with E-state index < -0.39 is 29.5 Å². The smallest absolute Gasteiger partial charge is 0.411 e. The van der Waals surface area contributed by atoms with Crippen molar-refractivity contribution in [3.63, 3.8) is 0 Å². The zero-order valence-corrected chi connectivity index (χ0v) is 15.3. The number of carbonyl (C=O) groups is 2. The fourth-order valence-corrected chi connectivity index (χ4v) is 3.28. The lowest BCUT2D eigenvalue weighted by Gasteiger charge is -2.29. The molecule has 2 amide bonds. The molecule has 6 nitrogen and oxygen atoms in total. The predicted molar refractivity (Wildman–Crippen MR) is 88.9 cm³/mol. The van der Waals surface area contributed by atoms with Gasteiger partial charge in [0.05, 0.1) is 0 Å². The summed E-state index contributed by atoms with van der Waals surface area (Å²) in [5.74, 6) is -0.913. The van der Waals surface area contributed by atoms with Crippen LogP contribution >= 0.6 is 15.9 Å². The first-order valence-corrected chi connectivity index (χ1v) is 8.59. The second-order valence-corrected chi connectivity index (χ2v) is 7.97. The van der Waals surface area contributed by atoms with Gasteiger partial charge in [-0.15, -0.1) is 0 Å². The number of nitrogens with one attached hydrogen (secondary N) is 1. The van der Waals surface area contributed by atoms with Crippen LogP contribution in [0.2, 0.25) is 0 Å². The Morgan fingerprint density at radius 2 is 2.08 bits per heavy atom. The summed E-state index contributed by atoms with van der Waals surface area (Å²) in [5.41, 5.74) is -0.636. The molecule has 8 heteroatoms. The Bertz CT molecular complexity index is 692. The fourth-order valence-electron chi connectivity index (χ4n) is 2.97. The van der Waals surface area contributed by atoms with Crippen molar-refractivity contribution in [2.45, 2.75) is 51.3 Å². The molecule has 1 saturated heterocycles. The number of piperidine rings is 1. The van der Waals surface area contributed by atoms with Crippen molar-refractivity contribution < 1.29 is 18.7 Å². The first-order valence-electron chi connectivity index (χ1n) is 7.80. The quantitative estimate of drug-likeness (QED) is 0.774. The number of carbonyl (C=O) groups excluding carboxylic acids is 2. The second kappa shape index (κ2) is 5.98. The average Bonchev–Trinajstić information content (AvgIpc) is 3.11. The SMILES string of the molecule is CC(C)(C)OC(=O)N1[C@@H]2C[C@@H]2C[C@H]1C(=O)Nc1nc(Br)ccc1F. The van der Waals surface area contributed by atoms with E-state index in [1.165, 1.54) is 17.0 Å². The summed E-state index contributed by atoms with van der Waals surface area (Å²) < 4.78 is 19.6. The van der Waals surface area contributed by atoms with E-state index >= 15 is 0 Å². The molecule has 0 unspecified atom stereocenters. The zero-order valence-electron chi connectivity index (χ0n) is 13.7. The van der Waals surface area contributed by atoms with Gasteiger partial charge in [-0.1, -0.05) is 0 Å².